The molecule has 0 aliphatic carbocycles. The van der Waals surface area contributed by atoms with Gasteiger partial charge in [-0.05, 0) is 45.9 Å². The number of rotatable bonds is 4. The van der Waals surface area contributed by atoms with Gasteiger partial charge in [-0.1, -0.05) is 6.92 Å². The predicted molar refractivity (Wildman–Crippen MR) is 78.3 cm³/mol. The van der Waals surface area contributed by atoms with Gasteiger partial charge in [-0.3, -0.25) is 4.79 Å². The lowest BCUT2D eigenvalue weighted by Gasteiger charge is -2.02. The van der Waals surface area contributed by atoms with Crippen LogP contribution in [0.25, 0.3) is 0 Å². The highest BCUT2D eigenvalue weighted by atomic mass is 79.9. The summed E-state index contributed by atoms with van der Waals surface area (Å²) in [5.41, 5.74) is 1.48. The van der Waals surface area contributed by atoms with Gasteiger partial charge in [0.2, 0.25) is 0 Å². The molecule has 88 valence electrons. The molecule has 2 rings (SSSR count). The van der Waals surface area contributed by atoms with Crippen molar-refractivity contribution in [2.45, 2.75) is 11.8 Å². The first-order valence-electron chi connectivity index (χ1n) is 5.21. The summed E-state index contributed by atoms with van der Waals surface area (Å²) in [7, 11) is 0. The van der Waals surface area contributed by atoms with Crippen LogP contribution in [0.3, 0.4) is 0 Å². The maximum atomic E-state index is 12.2. The second-order valence-electron chi connectivity index (χ2n) is 3.42. The van der Waals surface area contributed by atoms with Crippen LogP contribution >= 0.6 is 39.0 Å². The van der Waals surface area contributed by atoms with E-state index in [9.17, 15) is 4.79 Å². The zero-order chi connectivity index (χ0) is 12.3. The minimum Gasteiger partial charge on any atom is -0.289 e. The molecule has 0 atom stereocenters. The predicted octanol–water partition coefficient (Wildman–Crippen LogP) is 4.85. The second kappa shape index (κ2) is 5.85. The van der Waals surface area contributed by atoms with Gasteiger partial charge >= 0.3 is 0 Å². The Morgan fingerprint density at radius 2 is 2.00 bits per heavy atom. The first-order chi connectivity index (χ1) is 8.22. The summed E-state index contributed by atoms with van der Waals surface area (Å²) in [6.07, 6.45) is 0. The van der Waals surface area contributed by atoms with E-state index < -0.39 is 0 Å². The van der Waals surface area contributed by atoms with Crippen molar-refractivity contribution in [1.82, 2.24) is 0 Å². The Hall–Kier alpha value is -0.580. The Bertz CT molecular complexity index is 516. The van der Waals surface area contributed by atoms with E-state index in [4.69, 9.17) is 0 Å². The third-order valence-electron chi connectivity index (χ3n) is 2.29. The highest BCUT2D eigenvalue weighted by Crippen LogP contribution is 2.25. The summed E-state index contributed by atoms with van der Waals surface area (Å²) in [5, 5.41) is 3.80. The Morgan fingerprint density at radius 1 is 1.29 bits per heavy atom. The van der Waals surface area contributed by atoms with Crippen molar-refractivity contribution in [3.8, 4) is 0 Å². The van der Waals surface area contributed by atoms with Crippen LogP contribution in [0.1, 0.15) is 22.8 Å². The first kappa shape index (κ1) is 12.9. The van der Waals surface area contributed by atoms with Gasteiger partial charge in [0.1, 0.15) is 0 Å². The standard InChI is InChI=1S/C13H11BrOS2/c1-2-17-10-5-3-9(4-6-10)13(15)11-7-16-8-12(11)14/h3-8H,2H2,1H3. The van der Waals surface area contributed by atoms with Gasteiger partial charge in [0.15, 0.2) is 5.78 Å². The van der Waals surface area contributed by atoms with Crippen LogP contribution in [0.5, 0.6) is 0 Å². The Morgan fingerprint density at radius 3 is 2.53 bits per heavy atom. The van der Waals surface area contributed by atoms with Crippen molar-refractivity contribution < 1.29 is 4.79 Å². The molecule has 0 aliphatic rings. The molecule has 0 spiro atoms. The van der Waals surface area contributed by atoms with E-state index >= 15 is 0 Å². The number of halogens is 1. The number of hydrogen-bond donors (Lipinski definition) is 0. The van der Waals surface area contributed by atoms with Crippen molar-refractivity contribution in [3.05, 3.63) is 50.6 Å². The number of hydrogen-bond acceptors (Lipinski definition) is 3. The number of thiophene rings is 1. The zero-order valence-electron chi connectivity index (χ0n) is 9.27. The smallest absolute Gasteiger partial charge is 0.194 e. The molecule has 1 aromatic heterocycles. The van der Waals surface area contributed by atoms with E-state index in [1.54, 1.807) is 11.8 Å². The zero-order valence-corrected chi connectivity index (χ0v) is 12.5. The van der Waals surface area contributed by atoms with Gasteiger partial charge in [-0.2, -0.15) is 11.3 Å². The Labute approximate surface area is 117 Å². The SMILES string of the molecule is CCSc1ccc(C(=O)c2cscc2Br)cc1. The normalized spacial score (nSPS) is 10.5. The van der Waals surface area contributed by atoms with Crippen LogP contribution in [0.4, 0.5) is 0 Å². The fourth-order valence-electron chi connectivity index (χ4n) is 1.47. The highest BCUT2D eigenvalue weighted by Gasteiger charge is 2.12. The van der Waals surface area contributed by atoms with Crippen LogP contribution in [0.15, 0.2) is 44.4 Å². The van der Waals surface area contributed by atoms with Crippen LogP contribution in [0, 0.1) is 0 Å². The summed E-state index contributed by atoms with van der Waals surface area (Å²) in [6.45, 7) is 2.12. The third-order valence-corrected chi connectivity index (χ3v) is 4.88. The minimum absolute atomic E-state index is 0.0752. The molecule has 0 amide bonds. The van der Waals surface area contributed by atoms with Crippen molar-refractivity contribution in [2.75, 3.05) is 5.75 Å². The van der Waals surface area contributed by atoms with E-state index in [2.05, 4.69) is 22.9 Å². The lowest BCUT2D eigenvalue weighted by Crippen LogP contribution is -1.99. The Balaban J connectivity index is 2.23. The molecule has 0 radical (unpaired) electrons. The minimum atomic E-state index is 0.0752. The van der Waals surface area contributed by atoms with E-state index in [1.807, 2.05) is 35.0 Å². The first-order valence-corrected chi connectivity index (χ1v) is 7.93. The fourth-order valence-corrected chi connectivity index (χ4v) is 3.58. The van der Waals surface area contributed by atoms with Gasteiger partial charge in [0.05, 0.1) is 0 Å². The van der Waals surface area contributed by atoms with E-state index in [-0.39, 0.29) is 5.78 Å². The molecule has 17 heavy (non-hydrogen) atoms. The molecular formula is C13H11BrOS2. The molecule has 1 nitrogen and oxygen atoms in total. The van der Waals surface area contributed by atoms with Gasteiger partial charge in [-0.25, -0.2) is 0 Å². The fraction of sp³-hybridized carbons (Fsp3) is 0.154. The molecule has 0 aliphatic heterocycles. The lowest BCUT2D eigenvalue weighted by atomic mass is 10.1. The van der Waals surface area contributed by atoms with Crippen LogP contribution in [-0.4, -0.2) is 11.5 Å². The Kier molecular flexibility index (Phi) is 4.42. The molecule has 1 heterocycles. The van der Waals surface area contributed by atoms with E-state index in [0.717, 1.165) is 21.4 Å². The van der Waals surface area contributed by atoms with Gasteiger partial charge in [-0.15, -0.1) is 11.8 Å². The van der Waals surface area contributed by atoms with Crippen molar-refractivity contribution in [3.63, 3.8) is 0 Å². The van der Waals surface area contributed by atoms with Crippen LogP contribution < -0.4 is 0 Å². The number of carbonyl (C=O) groups is 1. The molecule has 0 saturated carbocycles. The van der Waals surface area contributed by atoms with Crippen LogP contribution in [0.2, 0.25) is 0 Å². The third kappa shape index (κ3) is 3.00. The number of benzene rings is 1. The van der Waals surface area contributed by atoms with E-state index in [0.29, 0.717) is 0 Å². The maximum absolute atomic E-state index is 12.2. The number of ketones is 1. The molecule has 0 N–H and O–H groups in total. The summed E-state index contributed by atoms with van der Waals surface area (Å²) in [6, 6.07) is 7.79. The second-order valence-corrected chi connectivity index (χ2v) is 6.36. The molecule has 0 fully saturated rings. The van der Waals surface area contributed by atoms with E-state index in [1.165, 1.54) is 16.2 Å². The molecular weight excluding hydrogens is 316 g/mol. The quantitative estimate of drug-likeness (QED) is 0.590. The summed E-state index contributed by atoms with van der Waals surface area (Å²) < 4.78 is 0.875. The van der Waals surface area contributed by atoms with Crippen molar-refractivity contribution in [1.29, 1.82) is 0 Å². The molecule has 0 saturated heterocycles. The summed E-state index contributed by atoms with van der Waals surface area (Å²) in [4.78, 5) is 13.4. The molecule has 0 unspecified atom stereocenters. The largest absolute Gasteiger partial charge is 0.289 e. The molecule has 0 bridgehead atoms. The number of carbonyl (C=O) groups excluding carboxylic acids is 1. The van der Waals surface area contributed by atoms with Crippen molar-refractivity contribution >= 4 is 44.8 Å². The monoisotopic (exact) mass is 326 g/mol. The lowest BCUT2D eigenvalue weighted by molar-refractivity contribution is 0.103. The average Bonchev–Trinajstić information content (AvgIpc) is 2.76. The van der Waals surface area contributed by atoms with Gasteiger partial charge in [0.25, 0.3) is 0 Å². The van der Waals surface area contributed by atoms with Crippen LogP contribution in [-0.2, 0) is 0 Å². The number of thioether (sulfide) groups is 1. The topological polar surface area (TPSA) is 17.1 Å². The van der Waals surface area contributed by atoms with Crippen molar-refractivity contribution in [2.24, 2.45) is 0 Å². The molecule has 1 aromatic carbocycles. The summed E-state index contributed by atoms with van der Waals surface area (Å²) in [5.74, 6) is 1.12. The molecule has 4 heteroatoms. The molecule has 2 aromatic rings. The average molecular weight is 327 g/mol. The van der Waals surface area contributed by atoms with Gasteiger partial charge < -0.3 is 0 Å². The maximum Gasteiger partial charge on any atom is 0.194 e. The van der Waals surface area contributed by atoms with Gasteiger partial charge in [0, 0.05) is 31.3 Å². The highest BCUT2D eigenvalue weighted by molar-refractivity contribution is 9.10. The summed E-state index contributed by atoms with van der Waals surface area (Å²) >= 11 is 6.70.